The Morgan fingerprint density at radius 1 is 1.70 bits per heavy atom. The third-order valence-corrected chi connectivity index (χ3v) is 0.873. The van der Waals surface area contributed by atoms with Gasteiger partial charge in [0, 0.05) is 12.0 Å². The first kappa shape index (κ1) is 9.50. The van der Waals surface area contributed by atoms with Gasteiger partial charge in [0.05, 0.1) is 6.10 Å². The van der Waals surface area contributed by atoms with Crippen LogP contribution in [-0.4, -0.2) is 18.0 Å². The van der Waals surface area contributed by atoms with Crippen LogP contribution < -0.4 is 0 Å². The van der Waals surface area contributed by atoms with Crippen molar-refractivity contribution in [2.75, 3.05) is 5.88 Å². The lowest BCUT2D eigenvalue weighted by Gasteiger charge is -2.03. The van der Waals surface area contributed by atoms with Gasteiger partial charge in [0.1, 0.15) is 0 Å². The minimum atomic E-state index is -0.337. The van der Waals surface area contributed by atoms with Gasteiger partial charge in [-0.15, -0.1) is 11.6 Å². The van der Waals surface area contributed by atoms with Crippen molar-refractivity contribution in [3.05, 3.63) is 12.2 Å². The molecule has 0 atom stereocenters. The summed E-state index contributed by atoms with van der Waals surface area (Å²) in [6.07, 6.45) is 2.81. The molecule has 0 heterocycles. The van der Waals surface area contributed by atoms with Crippen LogP contribution in [0.3, 0.4) is 0 Å². The first-order valence-electron chi connectivity index (χ1n) is 3.10. The second-order valence-corrected chi connectivity index (χ2v) is 2.35. The van der Waals surface area contributed by atoms with E-state index in [1.54, 1.807) is 19.9 Å². The molecule has 0 aliphatic carbocycles. The van der Waals surface area contributed by atoms with Gasteiger partial charge in [-0.1, -0.05) is 6.08 Å². The number of hydrogen-bond donors (Lipinski definition) is 0. The van der Waals surface area contributed by atoms with Crippen LogP contribution in [0.25, 0.3) is 0 Å². The number of carbonyl (C=O) groups excluding carboxylic acids is 1. The van der Waals surface area contributed by atoms with Crippen LogP contribution in [0, 0.1) is 0 Å². The van der Waals surface area contributed by atoms with E-state index in [4.69, 9.17) is 16.3 Å². The Hall–Kier alpha value is -0.500. The second-order valence-electron chi connectivity index (χ2n) is 2.04. The van der Waals surface area contributed by atoms with Crippen LogP contribution in [0.1, 0.15) is 13.8 Å². The van der Waals surface area contributed by atoms with Crippen molar-refractivity contribution in [3.63, 3.8) is 0 Å². The fourth-order valence-electron chi connectivity index (χ4n) is 0.412. The molecule has 0 aliphatic heterocycles. The van der Waals surface area contributed by atoms with Crippen molar-refractivity contribution in [3.8, 4) is 0 Å². The Bertz CT molecular complexity index is 130. The number of allylic oxidation sites excluding steroid dienone is 1. The summed E-state index contributed by atoms with van der Waals surface area (Å²) >= 11 is 5.29. The predicted molar refractivity (Wildman–Crippen MR) is 41.1 cm³/mol. The molecule has 0 saturated heterocycles. The predicted octanol–water partition coefficient (Wildman–Crippen LogP) is 1.73. The van der Waals surface area contributed by atoms with Gasteiger partial charge in [-0.25, -0.2) is 4.79 Å². The molecular formula is C7H11ClO2. The van der Waals surface area contributed by atoms with Gasteiger partial charge in [-0.3, -0.25) is 0 Å². The van der Waals surface area contributed by atoms with Gasteiger partial charge >= 0.3 is 5.97 Å². The number of carbonyl (C=O) groups is 1. The van der Waals surface area contributed by atoms with Crippen molar-refractivity contribution in [1.29, 1.82) is 0 Å². The second kappa shape index (κ2) is 5.30. The lowest BCUT2D eigenvalue weighted by atomic mass is 10.4. The maximum Gasteiger partial charge on any atom is 0.330 e. The standard InChI is InChI=1S/C7H11ClO2/c1-6(2)10-7(9)4-3-5-8/h3-4,6H,5H2,1-2H3/b4-3+. The lowest BCUT2D eigenvalue weighted by molar-refractivity contribution is -0.141. The smallest absolute Gasteiger partial charge is 0.330 e. The van der Waals surface area contributed by atoms with Crippen molar-refractivity contribution in [2.24, 2.45) is 0 Å². The Balaban J connectivity index is 3.54. The van der Waals surface area contributed by atoms with Crippen molar-refractivity contribution < 1.29 is 9.53 Å². The van der Waals surface area contributed by atoms with Crippen molar-refractivity contribution in [2.45, 2.75) is 20.0 Å². The quantitative estimate of drug-likeness (QED) is 0.359. The van der Waals surface area contributed by atoms with E-state index >= 15 is 0 Å². The van der Waals surface area contributed by atoms with Gasteiger partial charge in [-0.2, -0.15) is 0 Å². The van der Waals surface area contributed by atoms with Crippen LogP contribution in [0.4, 0.5) is 0 Å². The summed E-state index contributed by atoms with van der Waals surface area (Å²) in [5, 5.41) is 0. The number of halogens is 1. The Kier molecular flexibility index (Phi) is 5.03. The highest BCUT2D eigenvalue weighted by molar-refractivity contribution is 6.19. The highest BCUT2D eigenvalue weighted by Crippen LogP contribution is 1.90. The van der Waals surface area contributed by atoms with Crippen LogP contribution in [0.5, 0.6) is 0 Å². The summed E-state index contributed by atoms with van der Waals surface area (Å²) in [6.45, 7) is 3.60. The molecule has 0 N–H and O–H groups in total. The topological polar surface area (TPSA) is 26.3 Å². The molecule has 10 heavy (non-hydrogen) atoms. The zero-order valence-electron chi connectivity index (χ0n) is 6.13. The summed E-state index contributed by atoms with van der Waals surface area (Å²) in [4.78, 5) is 10.6. The molecule has 58 valence electrons. The van der Waals surface area contributed by atoms with Gasteiger partial charge in [0.2, 0.25) is 0 Å². The fraction of sp³-hybridized carbons (Fsp3) is 0.571. The van der Waals surface area contributed by atoms with Gasteiger partial charge in [0.15, 0.2) is 0 Å². The average molecular weight is 163 g/mol. The van der Waals surface area contributed by atoms with Crippen molar-refractivity contribution in [1.82, 2.24) is 0 Å². The molecule has 0 aliphatic rings. The Labute approximate surface area is 65.8 Å². The molecule has 0 saturated carbocycles. The van der Waals surface area contributed by atoms with E-state index in [1.165, 1.54) is 6.08 Å². The highest BCUT2D eigenvalue weighted by atomic mass is 35.5. The summed E-state index contributed by atoms with van der Waals surface area (Å²) in [6, 6.07) is 0. The van der Waals surface area contributed by atoms with E-state index in [0.29, 0.717) is 5.88 Å². The summed E-state index contributed by atoms with van der Waals surface area (Å²) < 4.78 is 4.77. The van der Waals surface area contributed by atoms with E-state index in [9.17, 15) is 4.79 Å². The maximum atomic E-state index is 10.6. The number of alkyl halides is 1. The molecule has 2 nitrogen and oxygen atoms in total. The molecule has 0 fully saturated rings. The molecule has 0 aromatic rings. The number of ether oxygens (including phenoxy) is 1. The van der Waals surface area contributed by atoms with Crippen LogP contribution in [-0.2, 0) is 9.53 Å². The maximum absolute atomic E-state index is 10.6. The third kappa shape index (κ3) is 5.63. The summed E-state index contributed by atoms with van der Waals surface area (Å²) in [7, 11) is 0. The SMILES string of the molecule is CC(C)OC(=O)/C=C/CCl. The number of hydrogen-bond acceptors (Lipinski definition) is 2. The monoisotopic (exact) mass is 162 g/mol. The first-order valence-corrected chi connectivity index (χ1v) is 3.63. The van der Waals surface area contributed by atoms with Gasteiger partial charge in [-0.05, 0) is 13.8 Å². The fourth-order valence-corrected chi connectivity index (χ4v) is 0.501. The minimum Gasteiger partial charge on any atom is -0.460 e. The number of esters is 1. The molecule has 0 unspecified atom stereocenters. The summed E-state index contributed by atoms with van der Waals surface area (Å²) in [5.41, 5.74) is 0. The van der Waals surface area contributed by atoms with E-state index in [0.717, 1.165) is 0 Å². The molecular weight excluding hydrogens is 152 g/mol. The van der Waals surface area contributed by atoms with Gasteiger partial charge < -0.3 is 4.74 Å². The molecule has 0 aromatic carbocycles. The third-order valence-electron chi connectivity index (χ3n) is 0.695. The minimum absolute atomic E-state index is 0.0625. The van der Waals surface area contributed by atoms with E-state index in [2.05, 4.69) is 0 Å². The molecule has 0 bridgehead atoms. The number of rotatable bonds is 3. The van der Waals surface area contributed by atoms with Crippen LogP contribution in [0.15, 0.2) is 12.2 Å². The zero-order chi connectivity index (χ0) is 7.98. The van der Waals surface area contributed by atoms with Gasteiger partial charge in [0.25, 0.3) is 0 Å². The lowest BCUT2D eigenvalue weighted by Crippen LogP contribution is -2.08. The average Bonchev–Trinajstić information content (AvgIpc) is 1.82. The highest BCUT2D eigenvalue weighted by Gasteiger charge is 1.97. The van der Waals surface area contributed by atoms with E-state index < -0.39 is 0 Å². The van der Waals surface area contributed by atoms with Crippen molar-refractivity contribution >= 4 is 17.6 Å². The zero-order valence-corrected chi connectivity index (χ0v) is 6.89. The van der Waals surface area contributed by atoms with Crippen LogP contribution in [0.2, 0.25) is 0 Å². The Morgan fingerprint density at radius 3 is 2.70 bits per heavy atom. The largest absolute Gasteiger partial charge is 0.460 e. The molecule has 0 spiro atoms. The molecule has 0 amide bonds. The molecule has 0 rings (SSSR count). The molecule has 3 heteroatoms. The molecule has 0 radical (unpaired) electrons. The van der Waals surface area contributed by atoms with E-state index in [1.807, 2.05) is 0 Å². The normalized spacial score (nSPS) is 10.8. The van der Waals surface area contributed by atoms with E-state index in [-0.39, 0.29) is 12.1 Å². The Morgan fingerprint density at radius 2 is 2.30 bits per heavy atom. The van der Waals surface area contributed by atoms with Crippen LogP contribution >= 0.6 is 11.6 Å². The molecule has 0 aromatic heterocycles. The first-order chi connectivity index (χ1) is 4.66. The summed E-state index contributed by atoms with van der Waals surface area (Å²) in [5.74, 6) is 0.00311.